The minimum absolute atomic E-state index is 0.000506. The molecule has 0 saturated heterocycles. The first-order valence-corrected chi connectivity index (χ1v) is 65.3. The number of aryl methyl sites for hydroxylation is 2. The Labute approximate surface area is 825 Å². The van der Waals surface area contributed by atoms with Gasteiger partial charge in [-0.3, -0.25) is 47.9 Å². The number of amides is 10. The van der Waals surface area contributed by atoms with Gasteiger partial charge >= 0.3 is 6.97 Å². The summed E-state index contributed by atoms with van der Waals surface area (Å²) in [6.45, 7) is 29.9. The molecule has 2 aliphatic rings. The number of nitrogens with one attached hydrogen (secondary N) is 13. The van der Waals surface area contributed by atoms with E-state index in [1.165, 1.54) is 47.0 Å². The van der Waals surface area contributed by atoms with Gasteiger partial charge in [0.15, 0.2) is 5.70 Å². The third-order valence-corrected chi connectivity index (χ3v) is 36.1. The number of rotatable bonds is 55. The molecule has 26 nitrogen and oxygen atoms in total. The van der Waals surface area contributed by atoms with Gasteiger partial charge in [0.25, 0.3) is 0 Å². The van der Waals surface area contributed by atoms with Gasteiger partial charge in [-0.2, -0.15) is 47.0 Å². The molecule has 11 rings (SSSR count). The van der Waals surface area contributed by atoms with Crippen LogP contribution in [0.4, 0.5) is 8.63 Å². The number of para-hydroxylation sites is 4. The van der Waals surface area contributed by atoms with Crippen molar-refractivity contribution in [1.82, 2.24) is 72.3 Å². The average molecular weight is 2030 g/mol. The molecule has 37 heteroatoms. The van der Waals surface area contributed by atoms with E-state index in [-0.39, 0.29) is 67.2 Å². The van der Waals surface area contributed by atoms with Crippen molar-refractivity contribution in [1.29, 1.82) is 0 Å². The van der Waals surface area contributed by atoms with Gasteiger partial charge in [-0.25, -0.2) is 0 Å². The topological polar surface area (TPSA) is 376 Å². The van der Waals surface area contributed by atoms with Crippen LogP contribution in [0.25, 0.3) is 49.7 Å². The number of halogens is 2. The van der Waals surface area contributed by atoms with E-state index in [1.54, 1.807) is 69.9 Å². The third kappa shape index (κ3) is 31.6. The number of fused-ring (bicyclic) bond motifs is 6. The quantitative estimate of drug-likeness (QED) is 0.00957. The number of carbonyl (C=O) groups is 10. The molecule has 0 bridgehead atoms. The second-order valence-corrected chi connectivity index (χ2v) is 65.1. The molecule has 15 N–H and O–H groups in total. The van der Waals surface area contributed by atoms with Gasteiger partial charge in [-0.05, 0) is 132 Å². The number of benzene rings is 4. The van der Waals surface area contributed by atoms with Crippen LogP contribution in [-0.2, 0) is 73.6 Å². The van der Waals surface area contributed by atoms with E-state index in [0.717, 1.165) is 114 Å². The Morgan fingerprint density at radius 1 is 0.423 bits per heavy atom. The Balaban J connectivity index is 0.893. The van der Waals surface area contributed by atoms with Crippen LogP contribution in [-0.4, -0.2) is 306 Å². The van der Waals surface area contributed by atoms with Crippen LogP contribution >= 0.6 is 76.1 Å². The van der Waals surface area contributed by atoms with Crippen molar-refractivity contribution in [3.05, 3.63) is 185 Å². The molecule has 0 saturated carbocycles. The van der Waals surface area contributed by atoms with Gasteiger partial charge < -0.3 is 91.1 Å². The first kappa shape index (κ1) is 109. The zero-order valence-corrected chi connectivity index (χ0v) is 89.0. The lowest BCUT2D eigenvalue weighted by molar-refractivity contribution is -0.362. The lowest BCUT2D eigenvalue weighted by Gasteiger charge is -2.30. The molecule has 740 valence electrons. The number of primary amides is 1. The molecule has 0 fully saturated rings. The Kier molecular flexibility index (Phi) is 39.3. The largest absolute Gasteiger partial charge is 0.737 e. The summed E-state index contributed by atoms with van der Waals surface area (Å²) in [5, 5.41) is 30.2. The number of hydrogen-bond donors (Lipinski definition) is 14. The van der Waals surface area contributed by atoms with E-state index in [9.17, 15) is 14.4 Å². The minimum Gasteiger partial charge on any atom is -0.394 e. The van der Waals surface area contributed by atoms with Crippen molar-refractivity contribution in [2.45, 2.75) is 153 Å². The molecule has 7 heterocycles. The number of nitrogens with zero attached hydrogens (tertiary/aromatic N) is 2. The van der Waals surface area contributed by atoms with Crippen LogP contribution in [0.15, 0.2) is 146 Å². The van der Waals surface area contributed by atoms with E-state index in [1.807, 2.05) is 104 Å². The standard InChI is InChI=1S/C100H139BF2N16O10P4S4/c1-17-64(2)91(100(129)116-88(63-137-49-29-45-133(14,15)16)97(126)110-81(92(104)121)51-67-56-105-77-34-22-18-30-73(67)77)117-95(124)84(54-70-59-108-80-37-25-21-33-76(70)80)113-98(127)86(61-135-47-27-43-131(8,9)10)114-94(123)83(53-69-58-107-79-36-24-20-32-75(69)79)111-93(122)82(52-68-57-106-78-35-23-19-31-74(68)78)112-99(128)87(62-136-48-28-44-132(11,12)13)115-96(125)85(60-134-46-26-42-130(5,6)7)109-90(120)41-40-71-38-39-72-55-89-65(3)50-66(4)118(89)101(102,103)119(71)72/h18-25,30-39,50,55-59,64,81-88,91,105-108H,17,26-29,40-49,51-54,60-63H2,1-16H3,(H7-4,104,109,110,111,112,113,114,115,116,117,120,121,122,123,124,125,126,127,128,129)/p+4/t64-,81-,82-,83-,84-,85-,86-,87-,88-,91-/m0/s1. The van der Waals surface area contributed by atoms with Crippen molar-refractivity contribution in [3.63, 3.8) is 0 Å². The maximum absolute atomic E-state index is 16.7. The van der Waals surface area contributed by atoms with Gasteiger partial charge in [0.05, 0.1) is 24.6 Å². The van der Waals surface area contributed by atoms with Gasteiger partial charge in [-0.15, -0.1) is 0 Å². The number of thioether (sulfide) groups is 4. The summed E-state index contributed by atoms with van der Waals surface area (Å²) in [6.07, 6.45) is 19.0. The lowest BCUT2D eigenvalue weighted by atomic mass is 9.90. The zero-order chi connectivity index (χ0) is 99.3. The van der Waals surface area contributed by atoms with E-state index in [4.69, 9.17) is 5.73 Å². The molecular weight excluding hydrogens is 1890 g/mol. The first-order chi connectivity index (χ1) is 64.9. The molecule has 0 aliphatic carbocycles. The van der Waals surface area contributed by atoms with E-state index in [2.05, 4.69) is 148 Å². The summed E-state index contributed by atoms with van der Waals surface area (Å²) in [5.41, 5.74) is 13.9. The molecule has 10 amide bonds. The highest BCUT2D eigenvalue weighted by molar-refractivity contribution is 8.00. The van der Waals surface area contributed by atoms with Gasteiger partial charge in [0, 0.05) is 263 Å². The zero-order valence-electron chi connectivity index (χ0n) is 82.2. The fraction of sp³-hybridized carbons (Fsp3) is 0.490. The summed E-state index contributed by atoms with van der Waals surface area (Å²) in [6, 6.07) is 19.9. The summed E-state index contributed by atoms with van der Waals surface area (Å²) >= 11 is 5.89. The summed E-state index contributed by atoms with van der Waals surface area (Å²) in [4.78, 5) is 166. The molecule has 0 spiro atoms. The van der Waals surface area contributed by atoms with Crippen molar-refractivity contribution in [3.8, 4) is 0 Å². The van der Waals surface area contributed by atoms with E-state index < -0.39 is 155 Å². The molecule has 0 unspecified atom stereocenters. The first-order valence-electron chi connectivity index (χ1n) is 47.4. The Bertz CT molecular complexity index is 5850. The minimum atomic E-state index is -4.32. The number of aromatic nitrogens is 5. The Hall–Kier alpha value is -8.79. The number of nitrogens with two attached hydrogens (primary N) is 1. The van der Waals surface area contributed by atoms with Crippen LogP contribution in [0.3, 0.4) is 0 Å². The molecule has 4 aromatic carbocycles. The van der Waals surface area contributed by atoms with Crippen LogP contribution < -0.4 is 53.6 Å². The Morgan fingerprint density at radius 2 is 0.730 bits per heavy atom. The third-order valence-electron chi connectivity index (χ3n) is 24.9. The fourth-order valence-corrected chi connectivity index (χ4v) is 26.5. The predicted octanol–water partition coefficient (Wildman–Crippen LogP) is 13.4. The smallest absolute Gasteiger partial charge is 0.394 e. The van der Waals surface area contributed by atoms with Gasteiger partial charge in [0.2, 0.25) is 59.1 Å². The molecule has 5 aromatic heterocycles. The lowest BCUT2D eigenvalue weighted by Crippen LogP contribution is -2.62. The summed E-state index contributed by atoms with van der Waals surface area (Å²) in [5.74, 6) is -4.80. The number of H-pyrrole nitrogens is 4. The van der Waals surface area contributed by atoms with Gasteiger partial charge in [0.1, 0.15) is 60.1 Å². The van der Waals surface area contributed by atoms with Gasteiger partial charge in [-0.1, -0.05) is 93.1 Å². The highest BCUT2D eigenvalue weighted by Gasteiger charge is 2.53. The molecule has 9 aromatic rings. The maximum atomic E-state index is 16.7. The number of aromatic amines is 4. The number of carbonyl (C=O) groups excluding carboxylic acids is 10. The van der Waals surface area contributed by atoms with E-state index >= 15 is 42.2 Å². The monoisotopic (exact) mass is 2030 g/mol. The van der Waals surface area contributed by atoms with Crippen molar-refractivity contribution in [2.75, 3.05) is 151 Å². The molecular formula is C100H143BF2N16O10P4S4+4. The average Bonchev–Trinajstić information content (AvgIpc) is 1.57. The van der Waals surface area contributed by atoms with Crippen LogP contribution in [0, 0.1) is 19.8 Å². The van der Waals surface area contributed by atoms with Crippen LogP contribution in [0.2, 0.25) is 0 Å². The van der Waals surface area contributed by atoms with Crippen LogP contribution in [0.1, 0.15) is 98.0 Å². The molecule has 10 atom stereocenters. The second-order valence-electron chi connectivity index (χ2n) is 40.4. The molecule has 0 radical (unpaired) electrons. The molecule has 2 aliphatic heterocycles. The summed E-state index contributed by atoms with van der Waals surface area (Å²) < 4.78 is 35.5. The highest BCUT2D eigenvalue weighted by Crippen LogP contribution is 2.49. The fourth-order valence-electron chi connectivity index (χ4n) is 17.3. The number of hydrogen-bond acceptors (Lipinski definition) is 14. The summed E-state index contributed by atoms with van der Waals surface area (Å²) in [7, 11) is -4.80. The van der Waals surface area contributed by atoms with E-state index in [0.29, 0.717) is 63.2 Å². The van der Waals surface area contributed by atoms with Crippen molar-refractivity contribution in [2.24, 2.45) is 11.7 Å². The normalized spacial score (nSPS) is 15.5. The van der Waals surface area contributed by atoms with Crippen LogP contribution in [0.5, 0.6) is 0 Å². The highest BCUT2D eigenvalue weighted by atomic mass is 32.2. The molecule has 137 heavy (non-hydrogen) atoms. The second kappa shape index (κ2) is 49.6. The number of allylic oxidation sites excluding steroid dienone is 2. The van der Waals surface area contributed by atoms with Crippen molar-refractivity contribution >= 4 is 198 Å². The van der Waals surface area contributed by atoms with Crippen molar-refractivity contribution < 1.29 is 61.1 Å². The maximum Gasteiger partial charge on any atom is 0.737 e. The predicted molar refractivity (Wildman–Crippen MR) is 579 cm³/mol. The Morgan fingerprint density at radius 3 is 1.07 bits per heavy atom. The SMILES string of the molecule is CC[C@H](C)[C@H](NC(=O)[C@H](Cc1c[nH]c2ccccc12)NC(=O)[C@H](CSCCC[P+](C)(C)C)NC(=O)[C@H](Cc1c[nH]c2ccccc12)NC(=O)[C@H](Cc1c[nH]c2ccccc12)NC(=O)[C@H](CSCCC[P+](C)(C)C)NC(=O)[C@H](CSCCC[P+](C)(C)C)NC(=O)CCC1=[N+]2C(=Cc3c(C)cc(C)n3[B-]2(F)F)C=C1)C(=O)N[C@@H](CSCCC[P+](C)(C)C)C(=O)N[C@@H](Cc1c[nH]c2ccccc12)C(N)=O.